The van der Waals surface area contributed by atoms with Gasteiger partial charge < -0.3 is 14.1 Å². The van der Waals surface area contributed by atoms with Gasteiger partial charge in [-0.2, -0.15) is 0 Å². The average Bonchev–Trinajstić information content (AvgIpc) is 3.07. The lowest BCUT2D eigenvalue weighted by Crippen LogP contribution is -2.49. The van der Waals surface area contributed by atoms with Gasteiger partial charge in [-0.15, -0.1) is 0 Å². The van der Waals surface area contributed by atoms with Gasteiger partial charge in [0.2, 0.25) is 0 Å². The van der Waals surface area contributed by atoms with Gasteiger partial charge in [-0.25, -0.2) is 0 Å². The van der Waals surface area contributed by atoms with Crippen molar-refractivity contribution in [1.82, 2.24) is 4.90 Å². The fraction of sp³-hybridized carbons (Fsp3) is 0.389. The maximum atomic E-state index is 12.4. The Bertz CT molecular complexity index is 594. The van der Waals surface area contributed by atoms with Gasteiger partial charge in [-0.05, 0) is 37.5 Å². The van der Waals surface area contributed by atoms with Gasteiger partial charge in [-0.3, -0.25) is 4.79 Å². The minimum atomic E-state index is -0.0511. The zero-order valence-corrected chi connectivity index (χ0v) is 12.8. The van der Waals surface area contributed by atoms with Crippen molar-refractivity contribution in [3.8, 4) is 0 Å². The van der Waals surface area contributed by atoms with Crippen molar-refractivity contribution >= 4 is 5.91 Å². The van der Waals surface area contributed by atoms with Crippen LogP contribution in [0.2, 0.25) is 0 Å². The maximum Gasteiger partial charge on any atom is 0.289 e. The summed E-state index contributed by atoms with van der Waals surface area (Å²) in [5.41, 5.74) is 1.30. The Kier molecular flexibility index (Phi) is 4.59. The van der Waals surface area contributed by atoms with Crippen molar-refractivity contribution in [3.63, 3.8) is 0 Å². The number of morpholine rings is 1. The first-order valence-corrected chi connectivity index (χ1v) is 7.74. The molecule has 1 aliphatic heterocycles. The molecule has 0 spiro atoms. The van der Waals surface area contributed by atoms with E-state index in [2.05, 4.69) is 12.1 Å². The molecule has 0 radical (unpaired) electrons. The van der Waals surface area contributed by atoms with Crippen LogP contribution in [0, 0.1) is 0 Å². The van der Waals surface area contributed by atoms with E-state index in [-0.39, 0.29) is 18.1 Å². The lowest BCUT2D eigenvalue weighted by Gasteiger charge is -2.36. The SMILES string of the molecule is CC1CN(C(=O)c2ccco2)CC(CCc2ccccc2)O1. The molecule has 3 rings (SSSR count). The van der Waals surface area contributed by atoms with Crippen LogP contribution in [0.1, 0.15) is 29.5 Å². The third kappa shape index (κ3) is 3.57. The third-order valence-electron chi connectivity index (χ3n) is 3.94. The van der Waals surface area contributed by atoms with E-state index in [1.165, 1.54) is 11.8 Å². The summed E-state index contributed by atoms with van der Waals surface area (Å²) in [5, 5.41) is 0. The van der Waals surface area contributed by atoms with Crippen LogP contribution in [-0.4, -0.2) is 36.1 Å². The summed E-state index contributed by atoms with van der Waals surface area (Å²) in [5.74, 6) is 0.348. The summed E-state index contributed by atoms with van der Waals surface area (Å²) in [6.45, 7) is 3.25. The van der Waals surface area contributed by atoms with Gasteiger partial charge in [0.1, 0.15) is 0 Å². The Morgan fingerprint density at radius 1 is 1.18 bits per heavy atom. The zero-order chi connectivity index (χ0) is 15.4. The first-order valence-electron chi connectivity index (χ1n) is 7.74. The molecule has 2 aromatic rings. The molecule has 2 heterocycles. The smallest absolute Gasteiger partial charge is 0.289 e. The second-order valence-electron chi connectivity index (χ2n) is 5.78. The molecule has 1 saturated heterocycles. The normalized spacial score (nSPS) is 21.8. The molecule has 1 fully saturated rings. The number of rotatable bonds is 4. The van der Waals surface area contributed by atoms with E-state index < -0.39 is 0 Å². The van der Waals surface area contributed by atoms with Gasteiger partial charge in [0.05, 0.1) is 18.5 Å². The minimum Gasteiger partial charge on any atom is -0.459 e. The van der Waals surface area contributed by atoms with Crippen molar-refractivity contribution in [2.45, 2.75) is 32.0 Å². The minimum absolute atomic E-state index is 0.0495. The van der Waals surface area contributed by atoms with Gasteiger partial charge in [0.25, 0.3) is 5.91 Å². The van der Waals surface area contributed by atoms with Crippen LogP contribution in [0.5, 0.6) is 0 Å². The summed E-state index contributed by atoms with van der Waals surface area (Å²) >= 11 is 0. The molecule has 2 unspecified atom stereocenters. The van der Waals surface area contributed by atoms with Crippen LogP contribution in [0.15, 0.2) is 53.1 Å². The van der Waals surface area contributed by atoms with E-state index in [1.807, 2.05) is 30.0 Å². The van der Waals surface area contributed by atoms with Crippen LogP contribution in [0.4, 0.5) is 0 Å². The number of ether oxygens (including phenoxy) is 1. The first kappa shape index (κ1) is 14.9. The summed E-state index contributed by atoms with van der Waals surface area (Å²) in [6, 6.07) is 13.8. The van der Waals surface area contributed by atoms with Crippen LogP contribution >= 0.6 is 0 Å². The number of hydrogen-bond acceptors (Lipinski definition) is 3. The highest BCUT2D eigenvalue weighted by atomic mass is 16.5. The molecule has 4 nitrogen and oxygen atoms in total. The van der Waals surface area contributed by atoms with E-state index in [1.54, 1.807) is 12.1 Å². The Hall–Kier alpha value is -2.07. The molecule has 0 bridgehead atoms. The number of carbonyl (C=O) groups excluding carboxylic acids is 1. The molecule has 0 saturated carbocycles. The van der Waals surface area contributed by atoms with Gasteiger partial charge in [0, 0.05) is 13.1 Å². The summed E-state index contributed by atoms with van der Waals surface area (Å²) in [7, 11) is 0. The number of hydrogen-bond donors (Lipinski definition) is 0. The Morgan fingerprint density at radius 2 is 2.00 bits per heavy atom. The van der Waals surface area contributed by atoms with Crippen LogP contribution < -0.4 is 0 Å². The molecular formula is C18H21NO3. The highest BCUT2D eigenvalue weighted by molar-refractivity contribution is 5.91. The topological polar surface area (TPSA) is 42.7 Å². The highest BCUT2D eigenvalue weighted by Gasteiger charge is 2.29. The molecule has 1 aromatic carbocycles. The highest BCUT2D eigenvalue weighted by Crippen LogP contribution is 2.18. The first-order chi connectivity index (χ1) is 10.7. The number of amides is 1. The van der Waals surface area contributed by atoms with E-state index in [9.17, 15) is 4.79 Å². The van der Waals surface area contributed by atoms with Crippen molar-refractivity contribution < 1.29 is 13.9 Å². The van der Waals surface area contributed by atoms with Crippen LogP contribution in [-0.2, 0) is 11.2 Å². The molecule has 22 heavy (non-hydrogen) atoms. The fourth-order valence-corrected chi connectivity index (χ4v) is 2.90. The summed E-state index contributed by atoms with van der Waals surface area (Å²) < 4.78 is 11.2. The Balaban J connectivity index is 1.60. The van der Waals surface area contributed by atoms with Crippen molar-refractivity contribution in [2.75, 3.05) is 13.1 Å². The lowest BCUT2D eigenvalue weighted by atomic mass is 10.0. The van der Waals surface area contributed by atoms with Gasteiger partial charge in [-0.1, -0.05) is 30.3 Å². The molecule has 116 valence electrons. The average molecular weight is 299 g/mol. The third-order valence-corrected chi connectivity index (χ3v) is 3.94. The van der Waals surface area contributed by atoms with Crippen LogP contribution in [0.3, 0.4) is 0 Å². The molecule has 4 heteroatoms. The van der Waals surface area contributed by atoms with Gasteiger partial charge in [0.15, 0.2) is 5.76 Å². The molecule has 1 aliphatic rings. The summed E-state index contributed by atoms with van der Waals surface area (Å²) in [6.07, 6.45) is 3.53. The Morgan fingerprint density at radius 3 is 2.73 bits per heavy atom. The predicted molar refractivity (Wildman–Crippen MR) is 83.7 cm³/mol. The standard InChI is InChI=1S/C18H21NO3/c1-14-12-19(18(20)17-8-5-11-21-17)13-16(22-14)10-9-15-6-3-2-4-7-15/h2-8,11,14,16H,9-10,12-13H2,1H3. The van der Waals surface area contributed by atoms with Crippen molar-refractivity contribution in [2.24, 2.45) is 0 Å². The number of benzene rings is 1. The second-order valence-corrected chi connectivity index (χ2v) is 5.78. The maximum absolute atomic E-state index is 12.4. The molecule has 1 aromatic heterocycles. The summed E-state index contributed by atoms with van der Waals surface area (Å²) in [4.78, 5) is 14.2. The fourth-order valence-electron chi connectivity index (χ4n) is 2.90. The quantitative estimate of drug-likeness (QED) is 0.871. The van der Waals surface area contributed by atoms with E-state index in [0.29, 0.717) is 18.8 Å². The number of carbonyl (C=O) groups is 1. The molecule has 0 aliphatic carbocycles. The van der Waals surface area contributed by atoms with E-state index in [4.69, 9.17) is 9.15 Å². The second kappa shape index (κ2) is 6.79. The predicted octanol–water partition coefficient (Wildman–Crippen LogP) is 3.14. The number of nitrogens with zero attached hydrogens (tertiary/aromatic N) is 1. The van der Waals surface area contributed by atoms with Crippen molar-refractivity contribution in [3.05, 3.63) is 60.1 Å². The monoisotopic (exact) mass is 299 g/mol. The number of furan rings is 1. The molecule has 2 atom stereocenters. The van der Waals surface area contributed by atoms with Crippen LogP contribution in [0.25, 0.3) is 0 Å². The Labute approximate surface area is 130 Å². The molecule has 1 amide bonds. The lowest BCUT2D eigenvalue weighted by molar-refractivity contribution is -0.0703. The van der Waals surface area contributed by atoms with E-state index in [0.717, 1.165) is 12.8 Å². The molecular weight excluding hydrogens is 278 g/mol. The van der Waals surface area contributed by atoms with Crippen molar-refractivity contribution in [1.29, 1.82) is 0 Å². The van der Waals surface area contributed by atoms with Gasteiger partial charge >= 0.3 is 0 Å². The molecule has 0 N–H and O–H groups in total. The number of aryl methyl sites for hydroxylation is 1. The van der Waals surface area contributed by atoms with E-state index >= 15 is 0 Å². The largest absolute Gasteiger partial charge is 0.459 e. The zero-order valence-electron chi connectivity index (χ0n) is 12.8.